The van der Waals surface area contributed by atoms with Crippen LogP contribution in [-0.4, -0.2) is 6.04 Å². The van der Waals surface area contributed by atoms with Gasteiger partial charge in [-0.1, -0.05) is 20.3 Å². The second-order valence-corrected chi connectivity index (χ2v) is 7.10. The van der Waals surface area contributed by atoms with Crippen molar-refractivity contribution < 1.29 is 0 Å². The van der Waals surface area contributed by atoms with Crippen molar-refractivity contribution in [2.24, 2.45) is 5.41 Å². The lowest BCUT2D eigenvalue weighted by Gasteiger charge is -2.22. The average molecular weight is 321 g/mol. The van der Waals surface area contributed by atoms with Crippen LogP contribution in [0.5, 0.6) is 0 Å². The first kappa shape index (κ1) is 14.4. The van der Waals surface area contributed by atoms with Gasteiger partial charge in [-0.25, -0.2) is 0 Å². The molecular weight excluding hydrogens is 300 g/mol. The summed E-state index contributed by atoms with van der Waals surface area (Å²) in [6.45, 7) is 4.74. The fourth-order valence-electron chi connectivity index (χ4n) is 2.73. The van der Waals surface area contributed by atoms with Crippen molar-refractivity contribution in [3.8, 4) is 6.07 Å². The Kier molecular flexibility index (Phi) is 4.52. The highest BCUT2D eigenvalue weighted by Gasteiger charge is 2.24. The normalized spacial score (nSPS) is 22.3. The van der Waals surface area contributed by atoms with E-state index in [0.717, 1.165) is 10.2 Å². The quantitative estimate of drug-likeness (QED) is 0.770. The number of anilines is 1. The van der Waals surface area contributed by atoms with Gasteiger partial charge in [0.25, 0.3) is 0 Å². The van der Waals surface area contributed by atoms with Crippen LogP contribution >= 0.6 is 15.9 Å². The molecule has 1 fully saturated rings. The highest BCUT2D eigenvalue weighted by molar-refractivity contribution is 9.10. The van der Waals surface area contributed by atoms with E-state index in [2.05, 4.69) is 41.2 Å². The molecule has 0 amide bonds. The molecule has 2 nitrogen and oxygen atoms in total. The maximum absolute atomic E-state index is 8.88. The van der Waals surface area contributed by atoms with Crippen LogP contribution in [0.2, 0.25) is 0 Å². The van der Waals surface area contributed by atoms with Crippen LogP contribution in [0, 0.1) is 16.7 Å². The van der Waals surface area contributed by atoms with E-state index in [1.54, 1.807) is 0 Å². The van der Waals surface area contributed by atoms with E-state index >= 15 is 0 Å². The molecule has 0 spiro atoms. The number of halogens is 1. The van der Waals surface area contributed by atoms with Crippen LogP contribution in [0.1, 0.15) is 51.5 Å². The van der Waals surface area contributed by atoms with Crippen LogP contribution < -0.4 is 5.32 Å². The minimum Gasteiger partial charge on any atom is -0.381 e. The summed E-state index contributed by atoms with van der Waals surface area (Å²) in [6.07, 6.45) is 6.34. The third kappa shape index (κ3) is 3.98. The monoisotopic (exact) mass is 320 g/mol. The van der Waals surface area contributed by atoms with Gasteiger partial charge >= 0.3 is 0 Å². The molecule has 102 valence electrons. The molecule has 0 saturated heterocycles. The molecule has 0 radical (unpaired) electrons. The Morgan fingerprint density at radius 3 is 2.79 bits per heavy atom. The van der Waals surface area contributed by atoms with E-state index in [1.165, 1.54) is 32.1 Å². The lowest BCUT2D eigenvalue weighted by atomic mass is 9.85. The molecule has 1 aliphatic rings. The summed E-state index contributed by atoms with van der Waals surface area (Å²) >= 11 is 3.54. The summed E-state index contributed by atoms with van der Waals surface area (Å²) in [4.78, 5) is 0. The summed E-state index contributed by atoms with van der Waals surface area (Å²) in [6, 6.07) is 8.45. The number of hydrogen-bond acceptors (Lipinski definition) is 2. The summed E-state index contributed by atoms with van der Waals surface area (Å²) in [5.74, 6) is 0. The van der Waals surface area contributed by atoms with Crippen molar-refractivity contribution >= 4 is 21.6 Å². The minimum atomic E-state index is 0.484. The smallest absolute Gasteiger partial charge is 0.0992 e. The zero-order valence-corrected chi connectivity index (χ0v) is 13.3. The number of hydrogen-bond donors (Lipinski definition) is 1. The first-order chi connectivity index (χ1) is 9.00. The average Bonchev–Trinajstić information content (AvgIpc) is 2.53. The van der Waals surface area contributed by atoms with Gasteiger partial charge in [-0.3, -0.25) is 0 Å². The molecule has 1 aromatic rings. The van der Waals surface area contributed by atoms with Gasteiger partial charge in [0.05, 0.1) is 11.6 Å². The van der Waals surface area contributed by atoms with Crippen molar-refractivity contribution in [1.82, 2.24) is 0 Å². The fraction of sp³-hybridized carbons (Fsp3) is 0.562. The predicted octanol–water partition coefficient (Wildman–Crippen LogP) is 5.09. The first-order valence-electron chi connectivity index (χ1n) is 6.96. The van der Waals surface area contributed by atoms with Crippen molar-refractivity contribution in [1.29, 1.82) is 5.26 Å². The molecule has 1 saturated carbocycles. The molecule has 1 unspecified atom stereocenters. The Balaban J connectivity index is 2.03. The molecule has 1 atom stereocenters. The Bertz CT molecular complexity index is 488. The molecule has 0 aromatic heterocycles. The number of benzene rings is 1. The van der Waals surface area contributed by atoms with Crippen LogP contribution in [0.4, 0.5) is 5.69 Å². The Morgan fingerprint density at radius 1 is 1.32 bits per heavy atom. The van der Waals surface area contributed by atoms with Gasteiger partial charge in [0.15, 0.2) is 0 Å². The van der Waals surface area contributed by atoms with Crippen LogP contribution in [-0.2, 0) is 0 Å². The highest BCUT2D eigenvalue weighted by atomic mass is 79.9. The van der Waals surface area contributed by atoms with Gasteiger partial charge < -0.3 is 5.32 Å². The zero-order chi connectivity index (χ0) is 13.9. The number of nitrogens with zero attached hydrogens (tertiary/aromatic N) is 1. The van der Waals surface area contributed by atoms with E-state index in [-0.39, 0.29) is 0 Å². The van der Waals surface area contributed by atoms with E-state index in [9.17, 15) is 0 Å². The van der Waals surface area contributed by atoms with Crippen molar-refractivity contribution in [3.05, 3.63) is 28.2 Å². The SMILES string of the molecule is CC1(C)CCCC(Nc2ccc(C#N)cc2Br)CC1. The summed E-state index contributed by atoms with van der Waals surface area (Å²) in [5, 5.41) is 12.5. The lowest BCUT2D eigenvalue weighted by Crippen LogP contribution is -2.19. The number of nitriles is 1. The second-order valence-electron chi connectivity index (χ2n) is 6.24. The zero-order valence-electron chi connectivity index (χ0n) is 11.7. The fourth-order valence-corrected chi connectivity index (χ4v) is 3.22. The van der Waals surface area contributed by atoms with Gasteiger partial charge in [0, 0.05) is 16.2 Å². The van der Waals surface area contributed by atoms with Gasteiger partial charge in [-0.2, -0.15) is 5.26 Å². The molecule has 19 heavy (non-hydrogen) atoms. The van der Waals surface area contributed by atoms with E-state index < -0.39 is 0 Å². The van der Waals surface area contributed by atoms with Crippen LogP contribution in [0.25, 0.3) is 0 Å². The van der Waals surface area contributed by atoms with Crippen molar-refractivity contribution in [2.75, 3.05) is 5.32 Å². The molecule has 0 aliphatic heterocycles. The minimum absolute atomic E-state index is 0.484. The molecule has 2 rings (SSSR count). The van der Waals surface area contributed by atoms with Crippen molar-refractivity contribution in [3.63, 3.8) is 0 Å². The third-order valence-electron chi connectivity index (χ3n) is 4.03. The molecule has 0 bridgehead atoms. The van der Waals surface area contributed by atoms with E-state index in [4.69, 9.17) is 5.26 Å². The summed E-state index contributed by atoms with van der Waals surface area (Å²) in [5.41, 5.74) is 2.28. The largest absolute Gasteiger partial charge is 0.381 e. The number of rotatable bonds is 2. The topological polar surface area (TPSA) is 35.8 Å². The maximum atomic E-state index is 8.88. The molecule has 3 heteroatoms. The molecule has 1 aromatic carbocycles. The molecular formula is C16H21BrN2. The second kappa shape index (κ2) is 5.96. The van der Waals surface area contributed by atoms with Crippen molar-refractivity contribution in [2.45, 2.75) is 52.0 Å². The highest BCUT2D eigenvalue weighted by Crippen LogP contribution is 2.35. The Labute approximate surface area is 124 Å². The van der Waals surface area contributed by atoms with Gasteiger partial charge in [0.2, 0.25) is 0 Å². The maximum Gasteiger partial charge on any atom is 0.0992 e. The lowest BCUT2D eigenvalue weighted by molar-refractivity contribution is 0.313. The molecule has 1 aliphatic carbocycles. The van der Waals surface area contributed by atoms with Crippen LogP contribution in [0.3, 0.4) is 0 Å². The Morgan fingerprint density at radius 2 is 2.11 bits per heavy atom. The van der Waals surface area contributed by atoms with E-state index in [0.29, 0.717) is 17.0 Å². The van der Waals surface area contributed by atoms with E-state index in [1.807, 2.05) is 18.2 Å². The summed E-state index contributed by atoms with van der Waals surface area (Å²) < 4.78 is 0.982. The van der Waals surface area contributed by atoms with Gasteiger partial charge in [-0.05, 0) is 65.2 Å². The number of nitrogens with one attached hydrogen (secondary N) is 1. The van der Waals surface area contributed by atoms with Gasteiger partial charge in [-0.15, -0.1) is 0 Å². The standard InChI is InChI=1S/C16H21BrN2/c1-16(2)8-3-4-13(7-9-16)19-15-6-5-12(11-18)10-14(15)17/h5-6,10,13,19H,3-4,7-9H2,1-2H3. The third-order valence-corrected chi connectivity index (χ3v) is 4.69. The van der Waals surface area contributed by atoms with Crippen LogP contribution in [0.15, 0.2) is 22.7 Å². The summed E-state index contributed by atoms with van der Waals surface area (Å²) in [7, 11) is 0. The predicted molar refractivity (Wildman–Crippen MR) is 83.1 cm³/mol. The Hall–Kier alpha value is -1.01. The molecule has 1 N–H and O–H groups in total. The van der Waals surface area contributed by atoms with Gasteiger partial charge in [0.1, 0.15) is 0 Å². The molecule has 0 heterocycles. The first-order valence-corrected chi connectivity index (χ1v) is 7.76.